The van der Waals surface area contributed by atoms with Crippen molar-refractivity contribution in [3.63, 3.8) is 0 Å². The molecule has 4 heteroatoms. The lowest BCUT2D eigenvalue weighted by atomic mass is 10.2. The number of nitrogens with zero attached hydrogens (tertiary/aromatic N) is 2. The van der Waals surface area contributed by atoms with Crippen LogP contribution in [0.25, 0.3) is 0 Å². The number of aliphatic hydroxyl groups is 2. The maximum absolute atomic E-state index is 9.22. The van der Waals surface area contributed by atoms with Crippen LogP contribution in [0, 0.1) is 0 Å². The second-order valence-electron chi connectivity index (χ2n) is 2.29. The Balaban J connectivity index is 2.77. The van der Waals surface area contributed by atoms with Crippen LogP contribution >= 0.6 is 0 Å². The lowest BCUT2D eigenvalue weighted by Crippen LogP contribution is -2.16. The molecule has 0 aliphatic heterocycles. The van der Waals surface area contributed by atoms with Crippen molar-refractivity contribution < 1.29 is 10.2 Å². The summed E-state index contributed by atoms with van der Waals surface area (Å²) in [5.41, 5.74) is 0. The van der Waals surface area contributed by atoms with Crippen LogP contribution in [0.5, 0.6) is 0 Å². The molecule has 1 aromatic heterocycles. The highest BCUT2D eigenvalue weighted by Crippen LogP contribution is 2.09. The van der Waals surface area contributed by atoms with E-state index in [9.17, 15) is 5.11 Å². The lowest BCUT2D eigenvalue weighted by molar-refractivity contribution is 0.0249. The minimum absolute atomic E-state index is 0.252. The molecule has 2 N–H and O–H groups in total. The molecular weight excluding hydrogens is 144 g/mol. The van der Waals surface area contributed by atoms with Crippen molar-refractivity contribution in [2.24, 2.45) is 0 Å². The molecule has 0 amide bonds. The average molecular weight is 154 g/mol. The predicted molar refractivity (Wildman–Crippen MR) is 38.7 cm³/mol. The van der Waals surface area contributed by atoms with Crippen LogP contribution in [0.3, 0.4) is 0 Å². The molecule has 60 valence electrons. The zero-order chi connectivity index (χ0) is 8.27. The average Bonchev–Trinajstić information content (AvgIpc) is 2.05. The quantitative estimate of drug-likeness (QED) is 0.623. The summed E-state index contributed by atoms with van der Waals surface area (Å²) in [6, 6.07) is 1.65. The van der Waals surface area contributed by atoms with Crippen molar-refractivity contribution in [1.29, 1.82) is 0 Å². The summed E-state index contributed by atoms with van der Waals surface area (Å²) >= 11 is 0. The molecule has 0 saturated heterocycles. The smallest absolute Gasteiger partial charge is 0.159 e. The minimum atomic E-state index is -0.990. The first-order valence-corrected chi connectivity index (χ1v) is 3.35. The van der Waals surface area contributed by atoms with E-state index >= 15 is 0 Å². The molecule has 1 aromatic rings. The molecule has 0 fully saturated rings. The van der Waals surface area contributed by atoms with Crippen LogP contribution in [0.1, 0.15) is 18.9 Å². The monoisotopic (exact) mass is 154 g/mol. The lowest BCUT2D eigenvalue weighted by Gasteiger charge is -2.10. The normalized spacial score (nSPS) is 15.9. The molecule has 0 aliphatic rings. The Hall–Kier alpha value is -1.00. The third-order valence-corrected chi connectivity index (χ3v) is 1.31. The largest absolute Gasteiger partial charge is 0.390 e. The van der Waals surface area contributed by atoms with Crippen LogP contribution in [-0.4, -0.2) is 26.3 Å². The summed E-state index contributed by atoms with van der Waals surface area (Å²) in [5.74, 6) is 0.252. The summed E-state index contributed by atoms with van der Waals surface area (Å²) in [6.07, 6.45) is 1.22. The van der Waals surface area contributed by atoms with E-state index in [1.54, 1.807) is 6.07 Å². The van der Waals surface area contributed by atoms with Crippen molar-refractivity contribution in [2.75, 3.05) is 0 Å². The molecule has 1 rings (SSSR count). The van der Waals surface area contributed by atoms with E-state index in [0.717, 1.165) is 0 Å². The van der Waals surface area contributed by atoms with Gasteiger partial charge in [-0.15, -0.1) is 0 Å². The van der Waals surface area contributed by atoms with E-state index in [2.05, 4.69) is 9.97 Å². The Kier molecular flexibility index (Phi) is 2.51. The molecule has 11 heavy (non-hydrogen) atoms. The highest BCUT2D eigenvalue weighted by atomic mass is 16.3. The molecule has 0 spiro atoms. The number of aliphatic hydroxyl groups excluding tert-OH is 2. The van der Waals surface area contributed by atoms with Gasteiger partial charge in [0.2, 0.25) is 0 Å². The minimum Gasteiger partial charge on any atom is -0.390 e. The summed E-state index contributed by atoms with van der Waals surface area (Å²) in [4.78, 5) is 7.56. The van der Waals surface area contributed by atoms with Crippen molar-refractivity contribution in [2.45, 2.75) is 19.1 Å². The summed E-state index contributed by atoms with van der Waals surface area (Å²) in [7, 11) is 0. The molecule has 0 saturated carbocycles. The van der Waals surface area contributed by atoms with Crippen molar-refractivity contribution in [3.05, 3.63) is 24.3 Å². The number of rotatable bonds is 2. The third-order valence-electron chi connectivity index (χ3n) is 1.31. The van der Waals surface area contributed by atoms with Gasteiger partial charge in [0.25, 0.3) is 0 Å². The van der Waals surface area contributed by atoms with E-state index in [4.69, 9.17) is 5.11 Å². The molecule has 2 atom stereocenters. The maximum atomic E-state index is 9.22. The van der Waals surface area contributed by atoms with Crippen LogP contribution in [0.15, 0.2) is 18.5 Å². The van der Waals surface area contributed by atoms with E-state index in [0.29, 0.717) is 0 Å². The SMILES string of the molecule is C[C@H](O)[C@@H](O)c1ncccn1. The zero-order valence-electron chi connectivity index (χ0n) is 6.18. The molecule has 0 unspecified atom stereocenters. The first-order chi connectivity index (χ1) is 5.22. The topological polar surface area (TPSA) is 66.2 Å². The number of aromatic nitrogens is 2. The Labute approximate surface area is 64.6 Å². The van der Waals surface area contributed by atoms with Gasteiger partial charge in [-0.25, -0.2) is 9.97 Å². The van der Waals surface area contributed by atoms with E-state index < -0.39 is 12.2 Å². The fraction of sp³-hybridized carbons (Fsp3) is 0.429. The number of hydrogen-bond donors (Lipinski definition) is 2. The van der Waals surface area contributed by atoms with E-state index in [1.807, 2.05) is 0 Å². The van der Waals surface area contributed by atoms with E-state index in [-0.39, 0.29) is 5.82 Å². The molecule has 4 nitrogen and oxygen atoms in total. The first kappa shape index (κ1) is 8.10. The van der Waals surface area contributed by atoms with Crippen LogP contribution < -0.4 is 0 Å². The Bertz CT molecular complexity index is 213. The Morgan fingerprint density at radius 1 is 1.27 bits per heavy atom. The van der Waals surface area contributed by atoms with Gasteiger partial charge >= 0.3 is 0 Å². The summed E-state index contributed by atoms with van der Waals surface area (Å²) in [6.45, 7) is 1.49. The highest BCUT2D eigenvalue weighted by Gasteiger charge is 2.15. The summed E-state index contributed by atoms with van der Waals surface area (Å²) < 4.78 is 0. The highest BCUT2D eigenvalue weighted by molar-refractivity contribution is 4.93. The number of hydrogen-bond acceptors (Lipinski definition) is 4. The fourth-order valence-corrected chi connectivity index (χ4v) is 0.679. The molecule has 1 heterocycles. The van der Waals surface area contributed by atoms with Crippen molar-refractivity contribution >= 4 is 0 Å². The Morgan fingerprint density at radius 3 is 2.27 bits per heavy atom. The maximum Gasteiger partial charge on any atom is 0.159 e. The van der Waals surface area contributed by atoms with Gasteiger partial charge in [-0.2, -0.15) is 0 Å². The van der Waals surface area contributed by atoms with Crippen molar-refractivity contribution in [3.8, 4) is 0 Å². The first-order valence-electron chi connectivity index (χ1n) is 3.35. The van der Waals surface area contributed by atoms with Crippen molar-refractivity contribution in [1.82, 2.24) is 9.97 Å². The van der Waals surface area contributed by atoms with Crippen LogP contribution in [-0.2, 0) is 0 Å². The van der Waals surface area contributed by atoms with Gasteiger partial charge in [-0.1, -0.05) is 0 Å². The third kappa shape index (κ3) is 1.96. The molecule has 0 aromatic carbocycles. The van der Waals surface area contributed by atoms with Gasteiger partial charge in [0, 0.05) is 12.4 Å². The molecular formula is C7H10N2O2. The second-order valence-corrected chi connectivity index (χ2v) is 2.29. The van der Waals surface area contributed by atoms with Gasteiger partial charge in [0.05, 0.1) is 6.10 Å². The molecule has 0 bridgehead atoms. The predicted octanol–water partition coefficient (Wildman–Crippen LogP) is -0.109. The zero-order valence-corrected chi connectivity index (χ0v) is 6.18. The van der Waals surface area contributed by atoms with Gasteiger partial charge in [0.15, 0.2) is 5.82 Å². The van der Waals surface area contributed by atoms with Crippen LogP contribution in [0.2, 0.25) is 0 Å². The summed E-state index contributed by atoms with van der Waals surface area (Å²) in [5, 5.41) is 18.2. The van der Waals surface area contributed by atoms with Crippen LogP contribution in [0.4, 0.5) is 0 Å². The van der Waals surface area contributed by atoms with Gasteiger partial charge in [-0.05, 0) is 13.0 Å². The molecule has 0 radical (unpaired) electrons. The van der Waals surface area contributed by atoms with Gasteiger partial charge in [0.1, 0.15) is 6.10 Å². The van der Waals surface area contributed by atoms with E-state index in [1.165, 1.54) is 19.3 Å². The van der Waals surface area contributed by atoms with Gasteiger partial charge in [-0.3, -0.25) is 0 Å². The Morgan fingerprint density at radius 2 is 1.82 bits per heavy atom. The second kappa shape index (κ2) is 3.41. The van der Waals surface area contributed by atoms with Gasteiger partial charge < -0.3 is 10.2 Å². The standard InChI is InChI=1S/C7H10N2O2/c1-5(10)6(11)7-8-3-2-4-9-7/h2-6,10-11H,1H3/t5-,6+/m0/s1. The molecule has 0 aliphatic carbocycles. The fourth-order valence-electron chi connectivity index (χ4n) is 0.679.